The van der Waals surface area contributed by atoms with Gasteiger partial charge in [-0.25, -0.2) is 9.37 Å². The van der Waals surface area contributed by atoms with Crippen LogP contribution < -0.4 is 4.74 Å². The summed E-state index contributed by atoms with van der Waals surface area (Å²) in [5, 5.41) is 9.15. The van der Waals surface area contributed by atoms with Crippen LogP contribution in [-0.4, -0.2) is 29.8 Å². The van der Waals surface area contributed by atoms with Crippen LogP contribution in [0.3, 0.4) is 0 Å². The molecule has 0 N–H and O–H groups in total. The van der Waals surface area contributed by atoms with E-state index >= 15 is 0 Å². The Kier molecular flexibility index (Phi) is 5.05. The van der Waals surface area contributed by atoms with E-state index in [-0.39, 0.29) is 22.8 Å². The lowest BCUT2D eigenvalue weighted by Crippen LogP contribution is -2.10. The predicted octanol–water partition coefficient (Wildman–Crippen LogP) is 3.16. The molecule has 2 rings (SSSR count). The zero-order valence-corrected chi connectivity index (χ0v) is 12.7. The maximum atomic E-state index is 13.2. The van der Waals surface area contributed by atoms with E-state index in [9.17, 15) is 9.18 Å². The summed E-state index contributed by atoms with van der Waals surface area (Å²) in [7, 11) is 3.41. The number of hydrogen-bond acceptors (Lipinski definition) is 5. The number of carbonyl (C=O) groups excluding carboxylic acids is 1. The number of allylic oxidation sites excluding steroid dienone is 1. The number of ketones is 1. The monoisotopic (exact) mass is 311 g/mol. The summed E-state index contributed by atoms with van der Waals surface area (Å²) in [6.45, 7) is 0. The standard InChI is InChI=1S/C17H14FN3O2/c1-21(2)11-12(10-19)16(22)15-7-4-8-20-17(15)23-14-6-3-5-13(18)9-14/h3-9,11H,1-2H3/b12-11+. The summed E-state index contributed by atoms with van der Waals surface area (Å²) in [5.41, 5.74) is 0.0819. The van der Waals surface area contributed by atoms with Crippen molar-refractivity contribution in [1.82, 2.24) is 9.88 Å². The van der Waals surface area contributed by atoms with Gasteiger partial charge in [0.1, 0.15) is 23.2 Å². The first-order valence-corrected chi connectivity index (χ1v) is 6.72. The molecule has 2 aromatic rings. The molecule has 0 bridgehead atoms. The number of aromatic nitrogens is 1. The molecule has 1 aromatic heterocycles. The van der Waals surface area contributed by atoms with Crippen LogP contribution in [0, 0.1) is 17.1 Å². The lowest BCUT2D eigenvalue weighted by molar-refractivity contribution is 0.103. The summed E-state index contributed by atoms with van der Waals surface area (Å²) in [6, 6.07) is 10.4. The van der Waals surface area contributed by atoms with E-state index in [0.29, 0.717) is 0 Å². The number of rotatable bonds is 5. The van der Waals surface area contributed by atoms with Gasteiger partial charge < -0.3 is 9.64 Å². The van der Waals surface area contributed by atoms with Gasteiger partial charge in [0.05, 0.1) is 5.56 Å². The minimum atomic E-state index is -0.513. The van der Waals surface area contributed by atoms with Gasteiger partial charge in [-0.2, -0.15) is 5.26 Å². The van der Waals surface area contributed by atoms with E-state index in [1.54, 1.807) is 31.1 Å². The highest BCUT2D eigenvalue weighted by Gasteiger charge is 2.19. The molecule has 0 radical (unpaired) electrons. The third kappa shape index (κ3) is 4.14. The maximum Gasteiger partial charge on any atom is 0.230 e. The summed E-state index contributed by atoms with van der Waals surface area (Å²) in [5.74, 6) is -0.743. The predicted molar refractivity (Wildman–Crippen MR) is 82.4 cm³/mol. The first-order chi connectivity index (χ1) is 11.0. The number of benzene rings is 1. The number of pyridine rings is 1. The van der Waals surface area contributed by atoms with E-state index in [2.05, 4.69) is 4.98 Å². The Labute approximate surface area is 133 Å². The van der Waals surface area contributed by atoms with E-state index < -0.39 is 11.6 Å². The molecule has 0 fully saturated rings. The average molecular weight is 311 g/mol. The van der Waals surface area contributed by atoms with Gasteiger partial charge in [-0.05, 0) is 24.3 Å². The van der Waals surface area contributed by atoms with Crippen molar-refractivity contribution in [3.63, 3.8) is 0 Å². The van der Waals surface area contributed by atoms with E-state index in [0.717, 1.165) is 0 Å². The molecular weight excluding hydrogens is 297 g/mol. The molecule has 116 valence electrons. The van der Waals surface area contributed by atoms with Crippen molar-refractivity contribution >= 4 is 5.78 Å². The Hall–Kier alpha value is -3.20. The highest BCUT2D eigenvalue weighted by atomic mass is 19.1. The lowest BCUT2D eigenvalue weighted by atomic mass is 10.1. The first-order valence-electron chi connectivity index (χ1n) is 6.72. The lowest BCUT2D eigenvalue weighted by Gasteiger charge is -2.10. The van der Waals surface area contributed by atoms with Crippen LogP contribution in [0.4, 0.5) is 4.39 Å². The van der Waals surface area contributed by atoms with Gasteiger partial charge in [0.25, 0.3) is 0 Å². The average Bonchev–Trinajstić information content (AvgIpc) is 2.52. The molecule has 0 aliphatic carbocycles. The fourth-order valence-electron chi connectivity index (χ4n) is 1.83. The fraction of sp³-hybridized carbons (Fsp3) is 0.118. The minimum absolute atomic E-state index is 0.0167. The number of nitriles is 1. The van der Waals surface area contributed by atoms with Gasteiger partial charge in [0, 0.05) is 32.6 Å². The summed E-state index contributed by atoms with van der Waals surface area (Å²) >= 11 is 0. The van der Waals surface area contributed by atoms with Gasteiger partial charge in [-0.3, -0.25) is 4.79 Å². The van der Waals surface area contributed by atoms with Crippen molar-refractivity contribution in [3.8, 4) is 17.7 Å². The van der Waals surface area contributed by atoms with Crippen LogP contribution in [0.1, 0.15) is 10.4 Å². The maximum absolute atomic E-state index is 13.2. The topological polar surface area (TPSA) is 66.2 Å². The van der Waals surface area contributed by atoms with Gasteiger partial charge in [-0.1, -0.05) is 6.07 Å². The quantitative estimate of drug-likeness (QED) is 0.482. The van der Waals surface area contributed by atoms with Gasteiger partial charge in [0.2, 0.25) is 11.7 Å². The van der Waals surface area contributed by atoms with Crippen molar-refractivity contribution in [3.05, 3.63) is 65.7 Å². The molecule has 23 heavy (non-hydrogen) atoms. The van der Waals surface area contributed by atoms with Gasteiger partial charge >= 0.3 is 0 Å². The third-order valence-electron chi connectivity index (χ3n) is 2.78. The summed E-state index contributed by atoms with van der Waals surface area (Å²) < 4.78 is 18.7. The molecule has 6 heteroatoms. The molecule has 0 saturated heterocycles. The molecule has 0 amide bonds. The SMILES string of the molecule is CN(C)/C=C(\C#N)C(=O)c1cccnc1Oc1cccc(F)c1. The molecule has 0 saturated carbocycles. The number of Topliss-reactive ketones (excluding diaryl/α,β-unsaturated/α-hetero) is 1. The molecule has 1 heterocycles. The van der Waals surface area contributed by atoms with E-state index in [4.69, 9.17) is 10.00 Å². The van der Waals surface area contributed by atoms with Crippen LogP contribution in [0.2, 0.25) is 0 Å². The second-order valence-electron chi connectivity index (χ2n) is 4.86. The van der Waals surface area contributed by atoms with Crippen LogP contribution >= 0.6 is 0 Å². The third-order valence-corrected chi connectivity index (χ3v) is 2.78. The highest BCUT2D eigenvalue weighted by molar-refractivity contribution is 6.12. The van der Waals surface area contributed by atoms with Crippen molar-refractivity contribution in [2.45, 2.75) is 0 Å². The summed E-state index contributed by atoms with van der Waals surface area (Å²) in [6.07, 6.45) is 2.87. The van der Waals surface area contributed by atoms with Crippen molar-refractivity contribution in [2.24, 2.45) is 0 Å². The number of nitrogens with zero attached hydrogens (tertiary/aromatic N) is 3. The Morgan fingerprint density at radius 1 is 1.35 bits per heavy atom. The Bertz CT molecular complexity index is 794. The second-order valence-corrected chi connectivity index (χ2v) is 4.86. The fourth-order valence-corrected chi connectivity index (χ4v) is 1.83. The van der Waals surface area contributed by atoms with Crippen LogP contribution in [0.5, 0.6) is 11.6 Å². The Morgan fingerprint density at radius 3 is 2.78 bits per heavy atom. The van der Waals surface area contributed by atoms with Crippen molar-refractivity contribution in [2.75, 3.05) is 14.1 Å². The molecule has 0 spiro atoms. The normalized spacial score (nSPS) is 10.8. The molecule has 0 aliphatic rings. The second kappa shape index (κ2) is 7.18. The smallest absolute Gasteiger partial charge is 0.230 e. The number of hydrogen-bond donors (Lipinski definition) is 0. The highest BCUT2D eigenvalue weighted by Crippen LogP contribution is 2.25. The van der Waals surface area contributed by atoms with E-state index in [1.165, 1.54) is 36.7 Å². The van der Waals surface area contributed by atoms with Crippen LogP contribution in [0.25, 0.3) is 0 Å². The minimum Gasteiger partial charge on any atom is -0.438 e. The zero-order valence-electron chi connectivity index (χ0n) is 12.7. The van der Waals surface area contributed by atoms with Crippen molar-refractivity contribution in [1.29, 1.82) is 5.26 Å². The van der Waals surface area contributed by atoms with Crippen molar-refractivity contribution < 1.29 is 13.9 Å². The molecule has 5 nitrogen and oxygen atoms in total. The molecule has 1 aromatic carbocycles. The molecule has 0 unspecified atom stereocenters. The van der Waals surface area contributed by atoms with Crippen LogP contribution in [0.15, 0.2) is 54.4 Å². The molecular formula is C17H14FN3O2. The zero-order chi connectivity index (χ0) is 16.8. The van der Waals surface area contributed by atoms with Crippen LogP contribution in [-0.2, 0) is 0 Å². The van der Waals surface area contributed by atoms with E-state index in [1.807, 2.05) is 6.07 Å². The Balaban J connectivity index is 2.38. The van der Waals surface area contributed by atoms with Gasteiger partial charge in [-0.15, -0.1) is 0 Å². The number of ether oxygens (including phenoxy) is 1. The molecule has 0 atom stereocenters. The summed E-state index contributed by atoms with van der Waals surface area (Å²) in [4.78, 5) is 18.1. The number of carbonyl (C=O) groups is 1. The van der Waals surface area contributed by atoms with Gasteiger partial charge in [0.15, 0.2) is 0 Å². The Morgan fingerprint density at radius 2 is 2.13 bits per heavy atom. The number of halogens is 1. The molecule has 0 aliphatic heterocycles. The first kappa shape index (κ1) is 16.2. The largest absolute Gasteiger partial charge is 0.438 e.